The van der Waals surface area contributed by atoms with Gasteiger partial charge in [-0.15, -0.1) is 0 Å². The maximum Gasteiger partial charge on any atom is 0.124 e. The van der Waals surface area contributed by atoms with Gasteiger partial charge in [-0.1, -0.05) is 36.4 Å². The first-order valence-electron chi connectivity index (χ1n) is 6.86. The predicted molar refractivity (Wildman–Crippen MR) is 77.6 cm³/mol. The molecule has 0 aliphatic heterocycles. The molecule has 0 saturated carbocycles. The third kappa shape index (κ3) is 2.54. The summed E-state index contributed by atoms with van der Waals surface area (Å²) in [5, 5.41) is 3.33. The number of ether oxygens (including phenoxy) is 1. The molecule has 3 rings (SSSR count). The minimum atomic E-state index is -0.842. The molecule has 2 nitrogen and oxygen atoms in total. The van der Waals surface area contributed by atoms with Crippen LogP contribution in [0.1, 0.15) is 22.7 Å². The van der Waals surface area contributed by atoms with Gasteiger partial charge in [-0.3, -0.25) is 0 Å². The van der Waals surface area contributed by atoms with Crippen molar-refractivity contribution in [1.82, 2.24) is 5.32 Å². The van der Waals surface area contributed by atoms with Gasteiger partial charge in [-0.2, -0.15) is 0 Å². The van der Waals surface area contributed by atoms with E-state index in [2.05, 4.69) is 5.32 Å². The Balaban J connectivity index is 1.69. The van der Waals surface area contributed by atoms with Gasteiger partial charge in [-0.05, 0) is 28.8 Å². The molecular weight excluding hydrogens is 253 g/mol. The zero-order valence-corrected chi connectivity index (χ0v) is 11.5. The van der Waals surface area contributed by atoms with E-state index in [9.17, 15) is 4.39 Å². The Morgan fingerprint density at radius 2 is 1.90 bits per heavy atom. The van der Waals surface area contributed by atoms with Gasteiger partial charge in [0.05, 0.1) is 13.2 Å². The number of halogens is 1. The number of benzene rings is 2. The molecule has 1 aliphatic rings. The van der Waals surface area contributed by atoms with Crippen molar-refractivity contribution in [3.63, 3.8) is 0 Å². The van der Waals surface area contributed by atoms with Crippen molar-refractivity contribution in [2.24, 2.45) is 0 Å². The molecule has 104 valence electrons. The zero-order valence-electron chi connectivity index (χ0n) is 11.5. The van der Waals surface area contributed by atoms with Gasteiger partial charge in [0.25, 0.3) is 0 Å². The van der Waals surface area contributed by atoms with E-state index in [-0.39, 0.29) is 6.04 Å². The largest absolute Gasteiger partial charge is 0.497 e. The molecule has 0 fully saturated rings. The highest BCUT2D eigenvalue weighted by atomic mass is 19.1. The van der Waals surface area contributed by atoms with Crippen LogP contribution in [0, 0.1) is 0 Å². The Kier molecular flexibility index (Phi) is 3.70. The van der Waals surface area contributed by atoms with Gasteiger partial charge < -0.3 is 10.1 Å². The van der Waals surface area contributed by atoms with E-state index >= 15 is 0 Å². The number of methoxy groups -OCH3 is 1. The van der Waals surface area contributed by atoms with E-state index < -0.39 is 6.17 Å². The van der Waals surface area contributed by atoms with Crippen LogP contribution in [0.5, 0.6) is 5.75 Å². The molecule has 1 N–H and O–H groups in total. The van der Waals surface area contributed by atoms with E-state index in [1.807, 2.05) is 48.5 Å². The number of hydrogen-bond acceptors (Lipinski definition) is 2. The Morgan fingerprint density at radius 3 is 2.65 bits per heavy atom. The molecule has 0 heterocycles. The van der Waals surface area contributed by atoms with Crippen LogP contribution in [0.2, 0.25) is 0 Å². The smallest absolute Gasteiger partial charge is 0.124 e. The highest BCUT2D eigenvalue weighted by Crippen LogP contribution is 2.33. The van der Waals surface area contributed by atoms with Gasteiger partial charge in [0, 0.05) is 13.0 Å². The number of hydrogen-bond donors (Lipinski definition) is 1. The molecule has 0 spiro atoms. The lowest BCUT2D eigenvalue weighted by Gasteiger charge is -2.16. The lowest BCUT2D eigenvalue weighted by molar-refractivity contribution is 0.269. The van der Waals surface area contributed by atoms with Crippen LogP contribution in [0.25, 0.3) is 0 Å². The third-order valence-electron chi connectivity index (χ3n) is 3.85. The lowest BCUT2D eigenvalue weighted by Crippen LogP contribution is -2.25. The van der Waals surface area contributed by atoms with E-state index in [1.54, 1.807) is 7.11 Å². The van der Waals surface area contributed by atoms with E-state index in [0.717, 1.165) is 22.4 Å². The number of nitrogens with one attached hydrogen (secondary N) is 1. The summed E-state index contributed by atoms with van der Waals surface area (Å²) in [5.74, 6) is 0.836. The Labute approximate surface area is 118 Å². The first-order valence-corrected chi connectivity index (χ1v) is 6.86. The number of rotatable bonds is 4. The summed E-state index contributed by atoms with van der Waals surface area (Å²) in [5.41, 5.74) is 3.34. The van der Waals surface area contributed by atoms with Gasteiger partial charge in [0.2, 0.25) is 0 Å². The maximum atomic E-state index is 14.1. The molecule has 0 saturated heterocycles. The highest BCUT2D eigenvalue weighted by molar-refractivity contribution is 5.36. The summed E-state index contributed by atoms with van der Waals surface area (Å²) in [6, 6.07) is 15.6. The maximum absolute atomic E-state index is 14.1. The van der Waals surface area contributed by atoms with Crippen molar-refractivity contribution >= 4 is 0 Å². The third-order valence-corrected chi connectivity index (χ3v) is 3.85. The molecule has 0 bridgehead atoms. The van der Waals surface area contributed by atoms with Crippen LogP contribution in [-0.4, -0.2) is 13.3 Å². The first-order chi connectivity index (χ1) is 9.78. The van der Waals surface area contributed by atoms with Gasteiger partial charge in [0.15, 0.2) is 0 Å². The lowest BCUT2D eigenvalue weighted by atomic mass is 10.1. The molecule has 2 aromatic carbocycles. The van der Waals surface area contributed by atoms with Crippen molar-refractivity contribution < 1.29 is 9.13 Å². The Bertz CT molecular complexity index is 582. The fourth-order valence-corrected chi connectivity index (χ4v) is 2.76. The monoisotopic (exact) mass is 271 g/mol. The van der Waals surface area contributed by atoms with E-state index in [4.69, 9.17) is 4.74 Å². The minimum absolute atomic E-state index is 0.201. The molecule has 2 unspecified atom stereocenters. The summed E-state index contributed by atoms with van der Waals surface area (Å²) >= 11 is 0. The summed E-state index contributed by atoms with van der Waals surface area (Å²) in [6.45, 7) is 0.656. The molecule has 3 heteroatoms. The molecule has 20 heavy (non-hydrogen) atoms. The molecule has 1 aliphatic carbocycles. The standard InChI is InChI=1S/C17H18FNO/c1-20-14-8-6-12(7-9-14)11-19-17-15-5-3-2-4-13(15)10-16(17)18/h2-9,16-17,19H,10-11H2,1H3. The average molecular weight is 271 g/mol. The quantitative estimate of drug-likeness (QED) is 0.920. The van der Waals surface area contributed by atoms with Crippen LogP contribution in [0.15, 0.2) is 48.5 Å². The second kappa shape index (κ2) is 5.63. The molecule has 0 amide bonds. The first kappa shape index (κ1) is 13.1. The highest BCUT2D eigenvalue weighted by Gasteiger charge is 2.31. The average Bonchev–Trinajstić information content (AvgIpc) is 2.81. The van der Waals surface area contributed by atoms with Gasteiger partial charge >= 0.3 is 0 Å². The van der Waals surface area contributed by atoms with Crippen molar-refractivity contribution in [3.05, 3.63) is 65.2 Å². The fourth-order valence-electron chi connectivity index (χ4n) is 2.76. The van der Waals surface area contributed by atoms with Crippen LogP contribution < -0.4 is 10.1 Å². The minimum Gasteiger partial charge on any atom is -0.497 e. The second-order valence-electron chi connectivity index (χ2n) is 5.13. The van der Waals surface area contributed by atoms with Gasteiger partial charge in [0.1, 0.15) is 11.9 Å². The normalized spacial score (nSPS) is 20.7. The summed E-state index contributed by atoms with van der Waals surface area (Å²) in [6.07, 6.45) is -0.332. The molecule has 0 radical (unpaired) electrons. The molecule has 0 aromatic heterocycles. The van der Waals surface area contributed by atoms with Crippen LogP contribution >= 0.6 is 0 Å². The second-order valence-corrected chi connectivity index (χ2v) is 5.13. The Hall–Kier alpha value is -1.87. The fraction of sp³-hybridized carbons (Fsp3) is 0.294. The van der Waals surface area contributed by atoms with Crippen LogP contribution in [0.3, 0.4) is 0 Å². The summed E-state index contributed by atoms with van der Waals surface area (Å²) < 4.78 is 19.2. The predicted octanol–water partition coefficient (Wildman–Crippen LogP) is 3.42. The van der Waals surface area contributed by atoms with Crippen LogP contribution in [0.4, 0.5) is 4.39 Å². The summed E-state index contributed by atoms with van der Waals surface area (Å²) in [7, 11) is 1.65. The van der Waals surface area contributed by atoms with Crippen LogP contribution in [-0.2, 0) is 13.0 Å². The SMILES string of the molecule is COc1ccc(CNC2c3ccccc3CC2F)cc1. The molecule has 2 aromatic rings. The zero-order chi connectivity index (χ0) is 13.9. The number of fused-ring (bicyclic) bond motifs is 1. The van der Waals surface area contributed by atoms with Crippen molar-refractivity contribution in [1.29, 1.82) is 0 Å². The van der Waals surface area contributed by atoms with E-state index in [1.165, 1.54) is 0 Å². The van der Waals surface area contributed by atoms with Gasteiger partial charge in [-0.25, -0.2) is 4.39 Å². The number of alkyl halides is 1. The summed E-state index contributed by atoms with van der Waals surface area (Å²) in [4.78, 5) is 0. The molecular formula is C17H18FNO. The van der Waals surface area contributed by atoms with Crippen molar-refractivity contribution in [2.45, 2.75) is 25.2 Å². The Morgan fingerprint density at radius 1 is 1.15 bits per heavy atom. The molecule has 2 atom stereocenters. The van der Waals surface area contributed by atoms with Crippen molar-refractivity contribution in [2.75, 3.05) is 7.11 Å². The van der Waals surface area contributed by atoms with E-state index in [0.29, 0.717) is 13.0 Å². The van der Waals surface area contributed by atoms with Crippen molar-refractivity contribution in [3.8, 4) is 5.75 Å². The topological polar surface area (TPSA) is 21.3 Å².